The first-order chi connectivity index (χ1) is 5.52. The molecule has 0 spiro atoms. The van der Waals surface area contributed by atoms with Gasteiger partial charge in [-0.1, -0.05) is 6.58 Å². The fourth-order valence-corrected chi connectivity index (χ4v) is 1.33. The Balaban J connectivity index is 4.05. The summed E-state index contributed by atoms with van der Waals surface area (Å²) in [7, 11) is -3.84. The van der Waals surface area contributed by atoms with Crippen molar-refractivity contribution >= 4 is 16.1 Å². The summed E-state index contributed by atoms with van der Waals surface area (Å²) in [5.74, 6) is -1.38. The second-order valence-corrected chi connectivity index (χ2v) is 3.64. The van der Waals surface area contributed by atoms with Crippen LogP contribution in [0.4, 0.5) is 0 Å². The van der Waals surface area contributed by atoms with Crippen molar-refractivity contribution in [1.82, 2.24) is 0 Å². The summed E-state index contributed by atoms with van der Waals surface area (Å²) >= 11 is 0. The van der Waals surface area contributed by atoms with Gasteiger partial charge in [0, 0.05) is 12.7 Å². The molecule has 0 bridgehead atoms. The molecule has 0 aromatic heterocycles. The second-order valence-electron chi connectivity index (χ2n) is 1.95. The Morgan fingerprint density at radius 1 is 1.58 bits per heavy atom. The largest absolute Gasteiger partial charge is 0.396 e. The Bertz CT molecular complexity index is 253. The van der Waals surface area contributed by atoms with Gasteiger partial charge in [0.05, 0.1) is 5.75 Å². The molecule has 0 amide bonds. The minimum absolute atomic E-state index is 0.0484. The lowest BCUT2D eigenvalue weighted by atomic mass is 10.5. The van der Waals surface area contributed by atoms with Crippen molar-refractivity contribution in [2.45, 2.75) is 6.42 Å². The monoisotopic (exact) mass is 194 g/mol. The molecule has 0 aromatic rings. The molecule has 0 aromatic carbocycles. The van der Waals surface area contributed by atoms with Crippen molar-refractivity contribution < 1.29 is 22.5 Å². The summed E-state index contributed by atoms with van der Waals surface area (Å²) in [6.45, 7) is 2.78. The van der Waals surface area contributed by atoms with Crippen molar-refractivity contribution in [3.05, 3.63) is 12.7 Å². The number of aliphatic hydroxyl groups excluding tert-OH is 1. The van der Waals surface area contributed by atoms with Gasteiger partial charge < -0.3 is 9.29 Å². The van der Waals surface area contributed by atoms with Gasteiger partial charge in [0.1, 0.15) is 0 Å². The average molecular weight is 194 g/mol. The predicted octanol–water partition coefficient (Wildman–Crippen LogP) is -0.572. The van der Waals surface area contributed by atoms with Crippen LogP contribution in [0.3, 0.4) is 0 Å². The lowest BCUT2D eigenvalue weighted by Gasteiger charge is -2.00. The fourth-order valence-electron chi connectivity index (χ4n) is 0.442. The quantitative estimate of drug-likeness (QED) is 0.468. The van der Waals surface area contributed by atoms with Crippen molar-refractivity contribution in [3.63, 3.8) is 0 Å². The molecule has 0 atom stereocenters. The van der Waals surface area contributed by atoms with E-state index in [1.807, 2.05) is 0 Å². The summed E-state index contributed by atoms with van der Waals surface area (Å²) < 4.78 is 25.5. The van der Waals surface area contributed by atoms with E-state index in [0.29, 0.717) is 0 Å². The third kappa shape index (κ3) is 4.86. The van der Waals surface area contributed by atoms with Gasteiger partial charge in [0.15, 0.2) is 0 Å². The molecule has 70 valence electrons. The molecule has 0 aliphatic rings. The minimum Gasteiger partial charge on any atom is -0.396 e. The van der Waals surface area contributed by atoms with E-state index < -0.39 is 16.1 Å². The molecule has 0 heterocycles. The summed E-state index contributed by atoms with van der Waals surface area (Å²) in [5, 5.41) is 8.30. The van der Waals surface area contributed by atoms with Crippen LogP contribution in [-0.4, -0.2) is 31.9 Å². The van der Waals surface area contributed by atoms with Crippen molar-refractivity contribution in [1.29, 1.82) is 0 Å². The smallest absolute Gasteiger partial charge is 0.345 e. The summed E-state index contributed by atoms with van der Waals surface area (Å²) in [4.78, 5) is 10.4. The lowest BCUT2D eigenvalue weighted by Crippen LogP contribution is -2.15. The maximum absolute atomic E-state index is 10.8. The van der Waals surface area contributed by atoms with E-state index in [0.717, 1.165) is 6.08 Å². The normalized spacial score (nSPS) is 10.8. The minimum atomic E-state index is -3.84. The van der Waals surface area contributed by atoms with E-state index in [2.05, 4.69) is 10.8 Å². The van der Waals surface area contributed by atoms with E-state index in [-0.39, 0.29) is 18.8 Å². The highest BCUT2D eigenvalue weighted by molar-refractivity contribution is 7.87. The van der Waals surface area contributed by atoms with Crippen LogP contribution >= 0.6 is 0 Å². The molecule has 12 heavy (non-hydrogen) atoms. The van der Waals surface area contributed by atoms with E-state index >= 15 is 0 Å². The van der Waals surface area contributed by atoms with Crippen molar-refractivity contribution in [2.24, 2.45) is 0 Å². The second kappa shape index (κ2) is 4.89. The van der Waals surface area contributed by atoms with Gasteiger partial charge in [0.25, 0.3) is 0 Å². The molecule has 0 rings (SSSR count). The van der Waals surface area contributed by atoms with Gasteiger partial charge in [-0.25, -0.2) is 4.79 Å². The van der Waals surface area contributed by atoms with Gasteiger partial charge in [0.2, 0.25) is 0 Å². The van der Waals surface area contributed by atoms with Gasteiger partial charge in [-0.2, -0.15) is 8.42 Å². The third-order valence-electron chi connectivity index (χ3n) is 0.928. The van der Waals surface area contributed by atoms with Gasteiger partial charge >= 0.3 is 16.1 Å². The summed E-state index contributed by atoms with van der Waals surface area (Å²) in [6, 6.07) is 0. The van der Waals surface area contributed by atoms with E-state index in [9.17, 15) is 13.2 Å². The first kappa shape index (κ1) is 11.1. The standard InChI is InChI=1S/C6H10O5S/c1-2-6(8)11-12(9,10)5-3-4-7/h2,7H,1,3-5H2. The molecule has 0 aliphatic carbocycles. The average Bonchev–Trinajstić information content (AvgIpc) is 2.00. The Kier molecular flexibility index (Phi) is 4.53. The topological polar surface area (TPSA) is 80.7 Å². The third-order valence-corrected chi connectivity index (χ3v) is 2.14. The number of carbonyl (C=O) groups is 1. The van der Waals surface area contributed by atoms with Crippen LogP contribution in [-0.2, 0) is 19.1 Å². The number of hydrogen-bond acceptors (Lipinski definition) is 5. The number of aliphatic hydroxyl groups is 1. The van der Waals surface area contributed by atoms with E-state index in [1.165, 1.54) is 0 Å². The summed E-state index contributed by atoms with van der Waals surface area (Å²) in [6.07, 6.45) is 0.809. The zero-order valence-corrected chi connectivity index (χ0v) is 7.21. The zero-order chi connectivity index (χ0) is 9.61. The first-order valence-electron chi connectivity index (χ1n) is 3.21. The Hall–Kier alpha value is -0.880. The highest BCUT2D eigenvalue weighted by Gasteiger charge is 2.13. The molecular formula is C6H10O5S. The highest BCUT2D eigenvalue weighted by atomic mass is 32.2. The van der Waals surface area contributed by atoms with E-state index in [4.69, 9.17) is 5.11 Å². The molecule has 1 N–H and O–H groups in total. The van der Waals surface area contributed by atoms with E-state index in [1.54, 1.807) is 0 Å². The Morgan fingerprint density at radius 3 is 2.58 bits per heavy atom. The molecule has 0 fully saturated rings. The van der Waals surface area contributed by atoms with Crippen LogP contribution < -0.4 is 0 Å². The van der Waals surface area contributed by atoms with Gasteiger partial charge in [-0.05, 0) is 6.42 Å². The molecule has 6 heteroatoms. The molecule has 0 saturated heterocycles. The molecule has 0 unspecified atom stereocenters. The predicted molar refractivity (Wildman–Crippen MR) is 41.8 cm³/mol. The number of carbonyl (C=O) groups excluding carboxylic acids is 1. The first-order valence-corrected chi connectivity index (χ1v) is 4.79. The fraction of sp³-hybridized carbons (Fsp3) is 0.500. The van der Waals surface area contributed by atoms with Crippen LogP contribution in [0.15, 0.2) is 12.7 Å². The molecule has 0 aliphatic heterocycles. The number of rotatable bonds is 5. The SMILES string of the molecule is C=CC(=O)OS(=O)(=O)CCCO. The van der Waals surface area contributed by atoms with Gasteiger partial charge in [-0.15, -0.1) is 0 Å². The molecule has 0 saturated carbocycles. The summed E-state index contributed by atoms with van der Waals surface area (Å²) in [5.41, 5.74) is 0. The van der Waals surface area contributed by atoms with Crippen LogP contribution in [0.5, 0.6) is 0 Å². The Morgan fingerprint density at radius 2 is 2.17 bits per heavy atom. The molecular weight excluding hydrogens is 184 g/mol. The van der Waals surface area contributed by atoms with Gasteiger partial charge in [-0.3, -0.25) is 0 Å². The maximum atomic E-state index is 10.8. The van der Waals surface area contributed by atoms with Crippen molar-refractivity contribution in [3.8, 4) is 0 Å². The zero-order valence-electron chi connectivity index (χ0n) is 6.39. The molecule has 5 nitrogen and oxygen atoms in total. The van der Waals surface area contributed by atoms with Crippen molar-refractivity contribution in [2.75, 3.05) is 12.4 Å². The molecule has 0 radical (unpaired) electrons. The van der Waals surface area contributed by atoms with Crippen LogP contribution in [0.1, 0.15) is 6.42 Å². The Labute approximate surface area is 70.8 Å². The lowest BCUT2D eigenvalue weighted by molar-refractivity contribution is -0.128. The van der Waals surface area contributed by atoms with Crippen LogP contribution in [0, 0.1) is 0 Å². The van der Waals surface area contributed by atoms with Crippen LogP contribution in [0.25, 0.3) is 0 Å². The highest BCUT2D eigenvalue weighted by Crippen LogP contribution is 1.96. The van der Waals surface area contributed by atoms with Crippen LogP contribution in [0.2, 0.25) is 0 Å². The number of hydrogen-bond donors (Lipinski definition) is 1. The maximum Gasteiger partial charge on any atom is 0.345 e.